The molecule has 0 saturated heterocycles. The molecule has 0 radical (unpaired) electrons. The number of fused-ring (bicyclic) bond motifs is 1. The van der Waals surface area contributed by atoms with E-state index in [1.165, 1.54) is 12.8 Å². The number of amides is 2. The molecule has 1 atom stereocenters. The monoisotopic (exact) mass is 669 g/mol. The number of nitrogens with one attached hydrogen (secondary N) is 3. The van der Waals surface area contributed by atoms with Gasteiger partial charge in [-0.25, -0.2) is 9.48 Å². The molecule has 1 aliphatic rings. The van der Waals surface area contributed by atoms with Crippen LogP contribution in [0.3, 0.4) is 0 Å². The molecule has 1 aromatic heterocycles. The highest BCUT2D eigenvalue weighted by Gasteiger charge is 2.36. The van der Waals surface area contributed by atoms with Crippen molar-refractivity contribution in [1.29, 1.82) is 0 Å². The van der Waals surface area contributed by atoms with Gasteiger partial charge in [0.1, 0.15) is 11.3 Å². The minimum absolute atomic E-state index is 0.0527. The number of alkyl carbamates (subject to hydrolysis) is 1. The number of alkyl halides is 3. The van der Waals surface area contributed by atoms with Crippen LogP contribution in [0.5, 0.6) is 0 Å². The Bertz CT molecular complexity index is 1970. The van der Waals surface area contributed by atoms with Gasteiger partial charge in [-0.3, -0.25) is 4.79 Å². The van der Waals surface area contributed by atoms with E-state index in [1.54, 1.807) is 51.1 Å². The Morgan fingerprint density at radius 2 is 1.65 bits per heavy atom. The van der Waals surface area contributed by atoms with Crippen LogP contribution in [0.25, 0.3) is 16.5 Å². The minimum atomic E-state index is -4.78. The molecule has 2 amide bonds. The van der Waals surface area contributed by atoms with Gasteiger partial charge in [-0.2, -0.15) is 18.3 Å². The average molecular weight is 670 g/mol. The van der Waals surface area contributed by atoms with Crippen LogP contribution >= 0.6 is 0 Å². The van der Waals surface area contributed by atoms with Crippen LogP contribution in [0.4, 0.5) is 23.7 Å². The average Bonchev–Trinajstić information content (AvgIpc) is 3.76. The van der Waals surface area contributed by atoms with E-state index in [9.17, 15) is 22.8 Å². The smallest absolute Gasteiger partial charge is 0.435 e. The van der Waals surface area contributed by atoms with Crippen molar-refractivity contribution < 1.29 is 27.5 Å². The van der Waals surface area contributed by atoms with Crippen LogP contribution in [0.1, 0.15) is 72.5 Å². The quantitative estimate of drug-likeness (QED) is 0.139. The summed E-state index contributed by atoms with van der Waals surface area (Å²) in [5.41, 5.74) is 1.03. The number of halogens is 3. The van der Waals surface area contributed by atoms with Crippen molar-refractivity contribution in [3.05, 3.63) is 125 Å². The maximum Gasteiger partial charge on any atom is 0.435 e. The molecule has 0 spiro atoms. The molecule has 5 aromatic rings. The zero-order valence-corrected chi connectivity index (χ0v) is 27.5. The molecule has 49 heavy (non-hydrogen) atoms. The van der Waals surface area contributed by atoms with Crippen LogP contribution in [0, 0.1) is 5.92 Å². The molecule has 1 aliphatic carbocycles. The predicted molar refractivity (Wildman–Crippen MR) is 183 cm³/mol. The lowest BCUT2D eigenvalue weighted by Gasteiger charge is -2.22. The summed E-state index contributed by atoms with van der Waals surface area (Å²) in [7, 11) is 0. The van der Waals surface area contributed by atoms with E-state index in [4.69, 9.17) is 4.74 Å². The molecule has 254 valence electrons. The molecule has 1 fully saturated rings. The van der Waals surface area contributed by atoms with E-state index < -0.39 is 29.5 Å². The third-order valence-electron chi connectivity index (χ3n) is 8.14. The number of nitrogens with zero attached hydrogens (tertiary/aromatic N) is 2. The highest BCUT2D eigenvalue weighted by molar-refractivity contribution is 6.03. The molecular weight excluding hydrogens is 631 g/mol. The SMILES string of the molecule is CC(C)(C)OC(=O)NCc1cccc(-n2nc(C(F)(F)F)cc2C(=O)Nc2cccc(C(NCC3CC3)c3cccc4ccccc34)c2)c1. The van der Waals surface area contributed by atoms with E-state index in [0.29, 0.717) is 17.2 Å². The summed E-state index contributed by atoms with van der Waals surface area (Å²) in [6.45, 7) is 6.11. The van der Waals surface area contributed by atoms with Crippen LogP contribution in [-0.4, -0.2) is 33.9 Å². The van der Waals surface area contributed by atoms with Crippen molar-refractivity contribution in [3.63, 3.8) is 0 Å². The van der Waals surface area contributed by atoms with E-state index >= 15 is 0 Å². The van der Waals surface area contributed by atoms with E-state index in [-0.39, 0.29) is 24.0 Å². The molecule has 4 aromatic carbocycles. The molecule has 11 heteroatoms. The fraction of sp³-hybridized carbons (Fsp3) is 0.289. The zero-order valence-electron chi connectivity index (χ0n) is 27.5. The maximum atomic E-state index is 13.9. The molecule has 1 heterocycles. The first-order valence-corrected chi connectivity index (χ1v) is 16.2. The normalized spacial score (nSPS) is 14.0. The first-order chi connectivity index (χ1) is 23.3. The number of hydrogen-bond donors (Lipinski definition) is 3. The Balaban J connectivity index is 1.28. The molecule has 0 aliphatic heterocycles. The number of carbonyl (C=O) groups is 2. The highest BCUT2D eigenvalue weighted by Crippen LogP contribution is 2.34. The van der Waals surface area contributed by atoms with Gasteiger partial charge in [-0.1, -0.05) is 66.7 Å². The van der Waals surface area contributed by atoms with Crippen molar-refractivity contribution in [2.45, 2.75) is 58.0 Å². The first kappa shape index (κ1) is 33.7. The number of hydrogen-bond acceptors (Lipinski definition) is 5. The number of ether oxygens (including phenoxy) is 1. The number of rotatable bonds is 10. The van der Waals surface area contributed by atoms with Gasteiger partial charge >= 0.3 is 12.3 Å². The van der Waals surface area contributed by atoms with Gasteiger partial charge < -0.3 is 20.7 Å². The fourth-order valence-electron chi connectivity index (χ4n) is 5.67. The van der Waals surface area contributed by atoms with E-state index in [2.05, 4.69) is 45.3 Å². The van der Waals surface area contributed by atoms with Crippen molar-refractivity contribution in [3.8, 4) is 5.69 Å². The van der Waals surface area contributed by atoms with Gasteiger partial charge in [-0.15, -0.1) is 0 Å². The lowest BCUT2D eigenvalue weighted by molar-refractivity contribution is -0.141. The Morgan fingerprint density at radius 3 is 2.41 bits per heavy atom. The maximum absolute atomic E-state index is 13.9. The Morgan fingerprint density at radius 1 is 0.918 bits per heavy atom. The molecule has 6 rings (SSSR count). The lowest BCUT2D eigenvalue weighted by atomic mass is 9.93. The Labute approximate surface area is 282 Å². The van der Waals surface area contributed by atoms with Gasteiger partial charge in [-0.05, 0) is 97.8 Å². The Hall–Kier alpha value is -5.16. The summed E-state index contributed by atoms with van der Waals surface area (Å²) in [6, 6.07) is 28.7. The highest BCUT2D eigenvalue weighted by atomic mass is 19.4. The second-order valence-corrected chi connectivity index (χ2v) is 13.3. The van der Waals surface area contributed by atoms with Crippen LogP contribution in [0.2, 0.25) is 0 Å². The summed E-state index contributed by atoms with van der Waals surface area (Å²) in [5, 5.41) is 15.1. The first-order valence-electron chi connectivity index (χ1n) is 16.2. The van der Waals surface area contributed by atoms with E-state index in [0.717, 1.165) is 39.2 Å². The van der Waals surface area contributed by atoms with Gasteiger partial charge in [0.25, 0.3) is 5.91 Å². The van der Waals surface area contributed by atoms with Crippen LogP contribution < -0.4 is 16.0 Å². The number of carbonyl (C=O) groups excluding carboxylic acids is 2. The van der Waals surface area contributed by atoms with Gasteiger partial charge in [0.15, 0.2) is 5.69 Å². The van der Waals surface area contributed by atoms with Crippen LogP contribution in [-0.2, 0) is 17.5 Å². The third kappa shape index (κ3) is 8.47. The molecular formula is C38H38F3N5O3. The molecule has 3 N–H and O–H groups in total. The number of aromatic nitrogens is 2. The standard InChI is InChI=1S/C38H38F3N5O3/c1-37(2,3)49-36(48)43-23-25-9-6-14-29(19-25)46-32(21-33(45-46)38(39,40)41)35(47)44-28-13-7-12-27(20-28)34(42-22-24-17-18-24)31-16-8-11-26-10-4-5-15-30(26)31/h4-16,19-21,24,34,42H,17-18,22-23H2,1-3H3,(H,43,48)(H,44,47). The van der Waals surface area contributed by atoms with Gasteiger partial charge in [0.2, 0.25) is 0 Å². The summed E-state index contributed by atoms with van der Waals surface area (Å²) in [5.74, 6) is -0.139. The Kier molecular flexibility index (Phi) is 9.47. The molecule has 8 nitrogen and oxygen atoms in total. The topological polar surface area (TPSA) is 97.3 Å². The summed E-state index contributed by atoms with van der Waals surface area (Å²) < 4.78 is 47.9. The van der Waals surface area contributed by atoms with Crippen molar-refractivity contribution in [2.75, 3.05) is 11.9 Å². The molecule has 1 unspecified atom stereocenters. The number of benzene rings is 4. The van der Waals surface area contributed by atoms with Crippen molar-refractivity contribution in [1.82, 2.24) is 20.4 Å². The third-order valence-corrected chi connectivity index (χ3v) is 8.14. The minimum Gasteiger partial charge on any atom is -0.444 e. The summed E-state index contributed by atoms with van der Waals surface area (Å²) >= 11 is 0. The van der Waals surface area contributed by atoms with Crippen molar-refractivity contribution in [2.24, 2.45) is 5.92 Å². The molecule has 0 bridgehead atoms. The predicted octanol–water partition coefficient (Wildman–Crippen LogP) is 8.41. The number of anilines is 1. The van der Waals surface area contributed by atoms with Gasteiger partial charge in [0.05, 0.1) is 11.7 Å². The van der Waals surface area contributed by atoms with E-state index in [1.807, 2.05) is 36.4 Å². The second kappa shape index (κ2) is 13.8. The largest absolute Gasteiger partial charge is 0.444 e. The summed E-state index contributed by atoms with van der Waals surface area (Å²) in [4.78, 5) is 25.9. The lowest BCUT2D eigenvalue weighted by Crippen LogP contribution is -2.32. The fourth-order valence-corrected chi connectivity index (χ4v) is 5.67. The summed E-state index contributed by atoms with van der Waals surface area (Å²) in [6.07, 6.45) is -3.05. The van der Waals surface area contributed by atoms with Crippen LogP contribution in [0.15, 0.2) is 97.1 Å². The molecule has 1 saturated carbocycles. The van der Waals surface area contributed by atoms with Crippen molar-refractivity contribution >= 4 is 28.5 Å². The zero-order chi connectivity index (χ0) is 34.8. The van der Waals surface area contributed by atoms with Gasteiger partial charge in [0, 0.05) is 18.3 Å². The second-order valence-electron chi connectivity index (χ2n) is 13.3.